The zero-order valence-electron chi connectivity index (χ0n) is 12.2. The Bertz CT molecular complexity index is 249. The van der Waals surface area contributed by atoms with Gasteiger partial charge in [-0.2, -0.15) is 0 Å². The topological polar surface area (TPSA) is 44.7 Å². The summed E-state index contributed by atoms with van der Waals surface area (Å²) in [4.78, 5) is 0. The molecule has 102 valence electrons. The van der Waals surface area contributed by atoms with E-state index in [-0.39, 0.29) is 10.3 Å². The van der Waals surface area contributed by atoms with Crippen LogP contribution in [0.3, 0.4) is 0 Å². The fraction of sp³-hybridized carbons (Fsp3) is 0.917. The molecule has 1 atom stereocenters. The fourth-order valence-corrected chi connectivity index (χ4v) is 2.39. The molecule has 0 aliphatic carbocycles. The maximum absolute atomic E-state index is 11.3. The average Bonchev–Trinajstić information content (AvgIpc) is 2.14. The van der Waals surface area contributed by atoms with E-state index in [1.165, 1.54) is 0 Å². The van der Waals surface area contributed by atoms with Gasteiger partial charge in [0.25, 0.3) is 0 Å². The van der Waals surface area contributed by atoms with E-state index in [1.807, 2.05) is 13.8 Å². The lowest BCUT2D eigenvalue weighted by molar-refractivity contribution is 0.299. The predicted octanol–water partition coefficient (Wildman–Crippen LogP) is 3.54. The van der Waals surface area contributed by atoms with Gasteiger partial charge in [0, 0.05) is 13.0 Å². The molecule has 0 unspecified atom stereocenters. The number of hydrogen-bond donors (Lipinski definition) is 0. The minimum absolute atomic E-state index is 0.0903. The first kappa shape index (κ1) is 17.2. The van der Waals surface area contributed by atoms with Gasteiger partial charge in [-0.3, -0.25) is 0 Å². The Morgan fingerprint density at radius 2 is 1.88 bits per heavy atom. The SMILES string of the molecule is CC(C)[S@+]([O-])/N=C/CCO[Si](C)(C)C(C)(C)C. The zero-order chi connectivity index (χ0) is 13.7. The molecule has 0 fully saturated rings. The molecule has 0 amide bonds. The molecule has 17 heavy (non-hydrogen) atoms. The summed E-state index contributed by atoms with van der Waals surface area (Å²) in [6.07, 6.45) is 2.47. The highest BCUT2D eigenvalue weighted by molar-refractivity contribution is 7.90. The van der Waals surface area contributed by atoms with E-state index in [1.54, 1.807) is 6.21 Å². The van der Waals surface area contributed by atoms with E-state index < -0.39 is 19.7 Å². The van der Waals surface area contributed by atoms with Crippen LogP contribution in [0.1, 0.15) is 41.0 Å². The summed E-state index contributed by atoms with van der Waals surface area (Å²) in [5.41, 5.74) is 0. The van der Waals surface area contributed by atoms with Crippen LogP contribution in [0.5, 0.6) is 0 Å². The molecule has 0 N–H and O–H groups in total. The summed E-state index contributed by atoms with van der Waals surface area (Å²) in [5.74, 6) is 0. The lowest BCUT2D eigenvalue weighted by Crippen LogP contribution is -2.41. The van der Waals surface area contributed by atoms with Gasteiger partial charge in [-0.15, -0.1) is 0 Å². The van der Waals surface area contributed by atoms with E-state index in [0.29, 0.717) is 6.61 Å². The highest BCUT2D eigenvalue weighted by Crippen LogP contribution is 2.36. The van der Waals surface area contributed by atoms with Crippen molar-refractivity contribution in [3.63, 3.8) is 0 Å². The lowest BCUT2D eigenvalue weighted by Gasteiger charge is -2.36. The van der Waals surface area contributed by atoms with E-state index in [9.17, 15) is 4.55 Å². The number of hydrogen-bond acceptors (Lipinski definition) is 3. The largest absolute Gasteiger partial charge is 0.591 e. The van der Waals surface area contributed by atoms with Gasteiger partial charge in [0.2, 0.25) is 0 Å². The first-order valence-corrected chi connectivity index (χ1v) is 10.2. The summed E-state index contributed by atoms with van der Waals surface area (Å²) in [7, 11) is -1.64. The average molecular weight is 278 g/mol. The maximum atomic E-state index is 11.3. The minimum Gasteiger partial charge on any atom is -0.591 e. The second-order valence-electron chi connectivity index (χ2n) is 6.01. The second kappa shape index (κ2) is 6.92. The second-order valence-corrected chi connectivity index (χ2v) is 12.5. The van der Waals surface area contributed by atoms with Crippen molar-refractivity contribution in [3.8, 4) is 0 Å². The quantitative estimate of drug-likeness (QED) is 0.322. The fourth-order valence-electron chi connectivity index (χ4n) is 0.831. The molecular formula is C12H27NO2SSi. The molecular weight excluding hydrogens is 250 g/mol. The third-order valence-corrected chi connectivity index (χ3v) is 8.80. The summed E-state index contributed by atoms with van der Waals surface area (Å²) < 4.78 is 21.3. The molecule has 0 rings (SSSR count). The van der Waals surface area contributed by atoms with E-state index in [0.717, 1.165) is 6.42 Å². The Hall–Kier alpha value is 0.157. The van der Waals surface area contributed by atoms with Gasteiger partial charge in [-0.25, -0.2) is 0 Å². The van der Waals surface area contributed by atoms with Crippen molar-refractivity contribution in [1.82, 2.24) is 0 Å². The van der Waals surface area contributed by atoms with Crippen molar-refractivity contribution in [2.45, 2.75) is 64.4 Å². The molecule has 3 nitrogen and oxygen atoms in total. The van der Waals surface area contributed by atoms with Crippen molar-refractivity contribution in [3.05, 3.63) is 0 Å². The third kappa shape index (κ3) is 6.60. The van der Waals surface area contributed by atoms with Crippen LogP contribution < -0.4 is 0 Å². The van der Waals surface area contributed by atoms with E-state index in [2.05, 4.69) is 38.3 Å². The summed E-state index contributed by atoms with van der Waals surface area (Å²) in [5, 5.41) is 0.331. The normalized spacial score (nSPS) is 15.8. The van der Waals surface area contributed by atoms with Gasteiger partial charge >= 0.3 is 0 Å². The van der Waals surface area contributed by atoms with Gasteiger partial charge in [-0.05, 0) is 32.0 Å². The molecule has 5 heteroatoms. The molecule has 0 aliphatic rings. The monoisotopic (exact) mass is 277 g/mol. The zero-order valence-corrected chi connectivity index (χ0v) is 14.1. The van der Waals surface area contributed by atoms with Crippen LogP contribution in [0.2, 0.25) is 18.1 Å². The molecule has 0 heterocycles. The van der Waals surface area contributed by atoms with Crippen LogP contribution in [-0.4, -0.2) is 30.9 Å². The molecule has 0 spiro atoms. The lowest BCUT2D eigenvalue weighted by atomic mass is 10.2. The van der Waals surface area contributed by atoms with Crippen LogP contribution in [0.15, 0.2) is 4.40 Å². The maximum Gasteiger partial charge on any atom is 0.191 e. The Morgan fingerprint density at radius 3 is 2.29 bits per heavy atom. The molecule has 0 saturated heterocycles. The van der Waals surface area contributed by atoms with Gasteiger partial charge in [0.1, 0.15) is 5.25 Å². The number of nitrogens with zero attached hydrogens (tertiary/aromatic N) is 1. The summed E-state index contributed by atoms with van der Waals surface area (Å²) >= 11 is -1.09. The van der Waals surface area contributed by atoms with Crippen molar-refractivity contribution >= 4 is 25.9 Å². The highest BCUT2D eigenvalue weighted by atomic mass is 32.2. The summed E-state index contributed by atoms with van der Waals surface area (Å²) in [6, 6.07) is 0. The van der Waals surface area contributed by atoms with Crippen LogP contribution in [0.4, 0.5) is 0 Å². The molecule has 0 radical (unpaired) electrons. The van der Waals surface area contributed by atoms with Crippen molar-refractivity contribution in [2.24, 2.45) is 4.40 Å². The molecule has 0 bridgehead atoms. The predicted molar refractivity (Wildman–Crippen MR) is 79.5 cm³/mol. The van der Waals surface area contributed by atoms with Gasteiger partial charge in [0.15, 0.2) is 8.32 Å². The smallest absolute Gasteiger partial charge is 0.191 e. The highest BCUT2D eigenvalue weighted by Gasteiger charge is 2.36. The van der Waals surface area contributed by atoms with Gasteiger partial charge in [0.05, 0.1) is 17.6 Å². The Kier molecular flexibility index (Phi) is 6.99. The third-order valence-electron chi connectivity index (χ3n) is 3.10. The Labute approximate surface area is 110 Å². The van der Waals surface area contributed by atoms with Gasteiger partial charge < -0.3 is 8.98 Å². The molecule has 0 aromatic rings. The number of rotatable bonds is 6. The van der Waals surface area contributed by atoms with Crippen molar-refractivity contribution in [2.75, 3.05) is 6.61 Å². The van der Waals surface area contributed by atoms with E-state index >= 15 is 0 Å². The van der Waals surface area contributed by atoms with Crippen LogP contribution >= 0.6 is 0 Å². The minimum atomic E-state index is -1.64. The van der Waals surface area contributed by atoms with Crippen LogP contribution in [-0.2, 0) is 15.8 Å². The van der Waals surface area contributed by atoms with Gasteiger partial charge in [-0.1, -0.05) is 25.2 Å². The first-order chi connectivity index (χ1) is 7.58. The van der Waals surface area contributed by atoms with E-state index in [4.69, 9.17) is 4.43 Å². The standard InChI is InChI=1S/C12H27NO2SSi/c1-11(2)16(14)13-9-8-10-15-17(6,7)12(3,4)5/h9,11H,8,10H2,1-7H3/b13-9+/t16-/m0/s1. The molecule has 0 aromatic carbocycles. The molecule has 0 aliphatic heterocycles. The first-order valence-electron chi connectivity index (χ1n) is 6.15. The Morgan fingerprint density at radius 1 is 1.35 bits per heavy atom. The van der Waals surface area contributed by atoms with Crippen molar-refractivity contribution in [1.29, 1.82) is 0 Å². The molecule has 0 saturated carbocycles. The summed E-state index contributed by atoms with van der Waals surface area (Å²) in [6.45, 7) is 15.6. The van der Waals surface area contributed by atoms with Crippen LogP contribution in [0, 0.1) is 0 Å². The Balaban J connectivity index is 3.94. The van der Waals surface area contributed by atoms with Crippen LogP contribution in [0.25, 0.3) is 0 Å². The van der Waals surface area contributed by atoms with Crippen molar-refractivity contribution < 1.29 is 8.98 Å². The molecule has 0 aromatic heterocycles.